The zero-order chi connectivity index (χ0) is 15.3. The lowest BCUT2D eigenvalue weighted by Gasteiger charge is -2.20. The van der Waals surface area contributed by atoms with Crippen LogP contribution in [0.4, 0.5) is 10.5 Å². The van der Waals surface area contributed by atoms with Crippen LogP contribution in [0.15, 0.2) is 24.3 Å². The Balaban J connectivity index is 2.84. The highest BCUT2D eigenvalue weighted by Crippen LogP contribution is 2.24. The minimum atomic E-state index is -0.553. The number of nitrogens with one attached hydrogen (secondary N) is 1. The van der Waals surface area contributed by atoms with Crippen molar-refractivity contribution in [2.75, 3.05) is 5.32 Å². The van der Waals surface area contributed by atoms with Crippen LogP contribution in [0.2, 0.25) is 5.02 Å². The molecule has 0 saturated carbocycles. The summed E-state index contributed by atoms with van der Waals surface area (Å²) in [6, 6.07) is 5.30. The summed E-state index contributed by atoms with van der Waals surface area (Å²) >= 11 is 6.06. The molecule has 0 bridgehead atoms. The Hall–Kier alpha value is -1.52. The summed E-state index contributed by atoms with van der Waals surface area (Å²) in [6.45, 7) is 7.29. The second-order valence-electron chi connectivity index (χ2n) is 5.58. The van der Waals surface area contributed by atoms with E-state index in [0.717, 1.165) is 5.56 Å². The highest BCUT2D eigenvalue weighted by atomic mass is 35.5. The first-order chi connectivity index (χ1) is 9.17. The van der Waals surface area contributed by atoms with Crippen molar-refractivity contribution < 1.29 is 9.53 Å². The number of anilines is 1. The number of halogens is 1. The number of hydrogen-bond donors (Lipinski definition) is 2. The number of ether oxygens (including phenoxy) is 1. The van der Waals surface area contributed by atoms with Gasteiger partial charge in [-0.15, -0.1) is 0 Å². The van der Waals surface area contributed by atoms with Gasteiger partial charge in [0, 0.05) is 6.04 Å². The van der Waals surface area contributed by atoms with Gasteiger partial charge in [-0.25, -0.2) is 4.79 Å². The van der Waals surface area contributed by atoms with E-state index in [1.807, 2.05) is 25.1 Å². The fourth-order valence-electron chi connectivity index (χ4n) is 1.42. The lowest BCUT2D eigenvalue weighted by Crippen LogP contribution is -2.27. The standard InChI is InChI=1S/C15H21ClN2O2/c1-10(17)5-6-11-7-8-12(16)13(9-11)18-14(19)20-15(2,3)4/h5-10H,17H2,1-4H3,(H,18,19)/b6-5+. The summed E-state index contributed by atoms with van der Waals surface area (Å²) in [4.78, 5) is 11.7. The molecule has 3 N–H and O–H groups in total. The van der Waals surface area contributed by atoms with Gasteiger partial charge in [0.15, 0.2) is 0 Å². The molecule has 1 atom stereocenters. The Kier molecular flexibility index (Phi) is 5.60. The molecule has 1 amide bonds. The molecular weight excluding hydrogens is 276 g/mol. The van der Waals surface area contributed by atoms with E-state index < -0.39 is 11.7 Å². The summed E-state index contributed by atoms with van der Waals surface area (Å²) in [6.07, 6.45) is 3.20. The monoisotopic (exact) mass is 296 g/mol. The predicted octanol–water partition coefficient (Wildman–Crippen LogP) is 4.05. The predicted molar refractivity (Wildman–Crippen MR) is 84.0 cm³/mol. The number of benzene rings is 1. The van der Waals surface area contributed by atoms with Crippen LogP contribution in [0, 0.1) is 0 Å². The third-order valence-electron chi connectivity index (χ3n) is 2.22. The van der Waals surface area contributed by atoms with Crippen molar-refractivity contribution in [2.24, 2.45) is 5.73 Å². The molecule has 1 aromatic rings. The minimum absolute atomic E-state index is 0.0343. The van der Waals surface area contributed by atoms with Crippen LogP contribution in [0.5, 0.6) is 0 Å². The maximum Gasteiger partial charge on any atom is 0.412 e. The van der Waals surface area contributed by atoms with Gasteiger partial charge in [0.05, 0.1) is 10.7 Å². The number of hydrogen-bond acceptors (Lipinski definition) is 3. The first-order valence-corrected chi connectivity index (χ1v) is 6.78. The molecule has 5 heteroatoms. The molecule has 0 aliphatic rings. The van der Waals surface area contributed by atoms with Gasteiger partial charge in [-0.2, -0.15) is 0 Å². The lowest BCUT2D eigenvalue weighted by atomic mass is 10.1. The zero-order valence-corrected chi connectivity index (χ0v) is 13.0. The molecular formula is C15H21ClN2O2. The average molecular weight is 297 g/mol. The minimum Gasteiger partial charge on any atom is -0.444 e. The van der Waals surface area contributed by atoms with Gasteiger partial charge in [0.1, 0.15) is 5.60 Å². The topological polar surface area (TPSA) is 64.3 Å². The highest BCUT2D eigenvalue weighted by molar-refractivity contribution is 6.33. The van der Waals surface area contributed by atoms with Crippen LogP contribution in [0.25, 0.3) is 6.08 Å². The molecule has 4 nitrogen and oxygen atoms in total. The van der Waals surface area contributed by atoms with Crippen molar-refractivity contribution in [2.45, 2.75) is 39.3 Å². The van der Waals surface area contributed by atoms with Gasteiger partial charge < -0.3 is 10.5 Å². The van der Waals surface area contributed by atoms with Crippen molar-refractivity contribution in [3.05, 3.63) is 34.9 Å². The molecule has 0 fully saturated rings. The second kappa shape index (κ2) is 6.77. The molecule has 20 heavy (non-hydrogen) atoms. The zero-order valence-electron chi connectivity index (χ0n) is 12.2. The number of carbonyl (C=O) groups is 1. The molecule has 0 radical (unpaired) electrons. The number of nitrogens with two attached hydrogens (primary N) is 1. The Morgan fingerprint density at radius 1 is 1.45 bits per heavy atom. The molecule has 0 saturated heterocycles. The summed E-state index contributed by atoms with van der Waals surface area (Å²) < 4.78 is 5.19. The Labute approximate surface area is 124 Å². The Morgan fingerprint density at radius 2 is 2.10 bits per heavy atom. The summed E-state index contributed by atoms with van der Waals surface area (Å²) in [5.74, 6) is 0. The third-order valence-corrected chi connectivity index (χ3v) is 2.55. The quantitative estimate of drug-likeness (QED) is 0.884. The molecule has 0 aliphatic heterocycles. The first kappa shape index (κ1) is 16.5. The molecule has 0 aromatic heterocycles. The van der Waals surface area contributed by atoms with E-state index in [0.29, 0.717) is 10.7 Å². The van der Waals surface area contributed by atoms with E-state index in [9.17, 15) is 4.79 Å². The van der Waals surface area contributed by atoms with Gasteiger partial charge in [-0.05, 0) is 45.4 Å². The number of carbonyl (C=O) groups excluding carboxylic acids is 1. The summed E-state index contributed by atoms with van der Waals surface area (Å²) in [5.41, 5.74) is 6.51. The van der Waals surface area contributed by atoms with E-state index in [1.54, 1.807) is 32.9 Å². The molecule has 0 spiro atoms. The van der Waals surface area contributed by atoms with Crippen LogP contribution in [0.1, 0.15) is 33.3 Å². The van der Waals surface area contributed by atoms with E-state index in [2.05, 4.69) is 5.32 Å². The highest BCUT2D eigenvalue weighted by Gasteiger charge is 2.17. The third kappa shape index (κ3) is 6.08. The van der Waals surface area contributed by atoms with Crippen molar-refractivity contribution in [1.82, 2.24) is 0 Å². The van der Waals surface area contributed by atoms with E-state index in [-0.39, 0.29) is 6.04 Å². The molecule has 1 rings (SSSR count). The van der Waals surface area contributed by atoms with Crippen molar-refractivity contribution in [1.29, 1.82) is 0 Å². The van der Waals surface area contributed by atoms with Gasteiger partial charge in [-0.3, -0.25) is 5.32 Å². The van der Waals surface area contributed by atoms with E-state index in [4.69, 9.17) is 22.1 Å². The van der Waals surface area contributed by atoms with Crippen LogP contribution in [0.3, 0.4) is 0 Å². The number of amides is 1. The van der Waals surface area contributed by atoms with E-state index >= 15 is 0 Å². The molecule has 0 aliphatic carbocycles. The largest absolute Gasteiger partial charge is 0.444 e. The second-order valence-corrected chi connectivity index (χ2v) is 5.99. The average Bonchev–Trinajstić information content (AvgIpc) is 2.27. The van der Waals surface area contributed by atoms with Crippen LogP contribution >= 0.6 is 11.6 Å². The van der Waals surface area contributed by atoms with Gasteiger partial charge in [0.25, 0.3) is 0 Å². The number of rotatable bonds is 3. The normalized spacial score (nSPS) is 13.3. The summed E-state index contributed by atoms with van der Waals surface area (Å²) in [5, 5.41) is 3.09. The molecule has 110 valence electrons. The Morgan fingerprint density at radius 3 is 2.65 bits per heavy atom. The maximum absolute atomic E-state index is 11.7. The fraction of sp³-hybridized carbons (Fsp3) is 0.400. The van der Waals surface area contributed by atoms with Crippen LogP contribution < -0.4 is 11.1 Å². The SMILES string of the molecule is CC(N)/C=C/c1ccc(Cl)c(NC(=O)OC(C)(C)C)c1. The smallest absolute Gasteiger partial charge is 0.412 e. The van der Waals surface area contributed by atoms with E-state index in [1.165, 1.54) is 0 Å². The first-order valence-electron chi connectivity index (χ1n) is 6.41. The summed E-state index contributed by atoms with van der Waals surface area (Å²) in [7, 11) is 0. The van der Waals surface area contributed by atoms with Gasteiger partial charge >= 0.3 is 6.09 Å². The van der Waals surface area contributed by atoms with Gasteiger partial charge in [0.2, 0.25) is 0 Å². The maximum atomic E-state index is 11.7. The molecule has 1 unspecified atom stereocenters. The van der Waals surface area contributed by atoms with Crippen LogP contribution in [-0.4, -0.2) is 17.7 Å². The lowest BCUT2D eigenvalue weighted by molar-refractivity contribution is 0.0636. The molecule has 0 heterocycles. The molecule has 1 aromatic carbocycles. The Bertz CT molecular complexity index is 505. The van der Waals surface area contributed by atoms with Crippen LogP contribution in [-0.2, 0) is 4.74 Å². The van der Waals surface area contributed by atoms with Crippen molar-refractivity contribution in [3.63, 3.8) is 0 Å². The van der Waals surface area contributed by atoms with Crippen molar-refractivity contribution >= 4 is 29.5 Å². The fourth-order valence-corrected chi connectivity index (χ4v) is 1.58. The van der Waals surface area contributed by atoms with Crippen molar-refractivity contribution in [3.8, 4) is 0 Å². The van der Waals surface area contributed by atoms with Gasteiger partial charge in [-0.1, -0.05) is 29.8 Å².